The molecule has 1 rings (SSSR count). The van der Waals surface area contributed by atoms with Crippen LogP contribution in [0, 0.1) is 5.92 Å². The topological polar surface area (TPSA) is 0 Å². The minimum Gasteiger partial charge on any atom is -0.115 e. The lowest BCUT2D eigenvalue weighted by Gasteiger charge is -1.99. The zero-order valence-electron chi connectivity index (χ0n) is 9.54. The van der Waals surface area contributed by atoms with Gasteiger partial charge in [-0.3, -0.25) is 0 Å². The van der Waals surface area contributed by atoms with E-state index in [1.54, 1.807) is 0 Å². The van der Waals surface area contributed by atoms with E-state index in [2.05, 4.69) is 30.2 Å². The molecule has 14 heavy (non-hydrogen) atoms. The van der Waals surface area contributed by atoms with Crippen molar-refractivity contribution in [1.29, 1.82) is 0 Å². The number of hydrogen-bond acceptors (Lipinski definition) is 2. The van der Waals surface area contributed by atoms with Gasteiger partial charge >= 0.3 is 0 Å². The van der Waals surface area contributed by atoms with E-state index in [0.717, 1.165) is 5.92 Å². The molecule has 0 unspecified atom stereocenters. The molecule has 0 atom stereocenters. The van der Waals surface area contributed by atoms with Crippen molar-refractivity contribution in [1.82, 2.24) is 0 Å². The van der Waals surface area contributed by atoms with Gasteiger partial charge in [-0.2, -0.15) is 0 Å². The van der Waals surface area contributed by atoms with Crippen molar-refractivity contribution in [3.8, 4) is 0 Å². The molecule has 0 aromatic carbocycles. The maximum atomic E-state index is 3.22. The van der Waals surface area contributed by atoms with Gasteiger partial charge in [0.2, 0.25) is 0 Å². The average Bonchev–Trinajstić information content (AvgIpc) is 3.04. The minimum atomic E-state index is 1.15. The van der Waals surface area contributed by atoms with Gasteiger partial charge in [-0.15, -0.1) is 23.3 Å². The summed E-state index contributed by atoms with van der Waals surface area (Å²) in [6.45, 7) is 2.28. The third-order valence-electron chi connectivity index (χ3n) is 2.91. The normalized spacial score (nSPS) is 14.8. The number of unbranched alkanes of at least 4 members (excludes halogenated alkanes) is 6. The Kier molecular flexibility index (Phi) is 12.4. The van der Waals surface area contributed by atoms with Crippen molar-refractivity contribution < 1.29 is 0 Å². The summed E-state index contributed by atoms with van der Waals surface area (Å²) < 4.78 is 0. The van der Waals surface area contributed by atoms with E-state index in [0.29, 0.717) is 0 Å². The molecule has 1 aliphatic rings. The van der Waals surface area contributed by atoms with Crippen LogP contribution in [-0.2, 0) is 0 Å². The van der Waals surface area contributed by atoms with Crippen molar-refractivity contribution in [2.45, 2.75) is 71.1 Å². The van der Waals surface area contributed by atoms with E-state index >= 15 is 0 Å². The second kappa shape index (κ2) is 11.8. The molecule has 2 heteroatoms. The predicted molar refractivity (Wildman–Crippen MR) is 73.3 cm³/mol. The maximum Gasteiger partial charge on any atom is -0.0414 e. The standard InChI is InChI=1S/C12H24.H2S2/c1-2-3-4-5-6-7-8-9-12-10-11-12;1-2/h12H,2-11H2,1H3;1-2H. The lowest BCUT2D eigenvalue weighted by atomic mass is 10.1. The quantitative estimate of drug-likeness (QED) is 0.318. The first-order valence-electron chi connectivity index (χ1n) is 6.13. The molecule has 0 saturated heterocycles. The van der Waals surface area contributed by atoms with Gasteiger partial charge in [0, 0.05) is 0 Å². The molecule has 0 bridgehead atoms. The van der Waals surface area contributed by atoms with Crippen molar-refractivity contribution in [2.24, 2.45) is 5.92 Å². The molecular weight excluding hydrogens is 208 g/mol. The van der Waals surface area contributed by atoms with Crippen LogP contribution < -0.4 is 0 Å². The average molecular weight is 234 g/mol. The summed E-state index contributed by atoms with van der Waals surface area (Å²) in [4.78, 5) is 0. The van der Waals surface area contributed by atoms with Crippen LogP contribution in [0.25, 0.3) is 0 Å². The lowest BCUT2D eigenvalue weighted by molar-refractivity contribution is 0.558. The number of rotatable bonds is 8. The first-order chi connectivity index (χ1) is 6.93. The summed E-state index contributed by atoms with van der Waals surface area (Å²) in [7, 11) is 0. The highest BCUT2D eigenvalue weighted by atomic mass is 33.1. The molecule has 0 amide bonds. The Bertz CT molecular complexity index is 100. The van der Waals surface area contributed by atoms with E-state index in [-0.39, 0.29) is 0 Å². The number of thiol groups is 2. The Morgan fingerprint density at radius 3 is 1.86 bits per heavy atom. The van der Waals surface area contributed by atoms with Gasteiger partial charge in [0.25, 0.3) is 0 Å². The van der Waals surface area contributed by atoms with Gasteiger partial charge in [-0.25, -0.2) is 0 Å². The third kappa shape index (κ3) is 10.8. The van der Waals surface area contributed by atoms with Crippen molar-refractivity contribution in [2.75, 3.05) is 0 Å². The molecule has 1 saturated carbocycles. The minimum absolute atomic E-state index is 1.15. The van der Waals surface area contributed by atoms with E-state index in [9.17, 15) is 0 Å². The molecule has 0 aromatic heterocycles. The SMILES string of the molecule is CCCCCCCCCC1CC1.SS. The first-order valence-corrected chi connectivity index (χ1v) is 7.73. The summed E-state index contributed by atoms with van der Waals surface area (Å²) in [6.07, 6.45) is 14.9. The Morgan fingerprint density at radius 2 is 1.36 bits per heavy atom. The molecule has 86 valence electrons. The Labute approximate surface area is 100 Å². The molecule has 0 radical (unpaired) electrons. The van der Waals surface area contributed by atoms with Crippen molar-refractivity contribution in [3.63, 3.8) is 0 Å². The Morgan fingerprint density at radius 1 is 0.857 bits per heavy atom. The highest BCUT2D eigenvalue weighted by Crippen LogP contribution is 2.34. The van der Waals surface area contributed by atoms with Crippen LogP contribution >= 0.6 is 23.3 Å². The lowest BCUT2D eigenvalue weighted by Crippen LogP contribution is -1.81. The monoisotopic (exact) mass is 234 g/mol. The van der Waals surface area contributed by atoms with Crippen LogP contribution in [0.4, 0.5) is 0 Å². The zero-order valence-corrected chi connectivity index (χ0v) is 11.3. The predicted octanol–water partition coefficient (Wildman–Crippen LogP) is 5.30. The van der Waals surface area contributed by atoms with E-state index in [1.165, 1.54) is 64.2 Å². The van der Waals surface area contributed by atoms with Crippen LogP contribution in [0.15, 0.2) is 0 Å². The van der Waals surface area contributed by atoms with Crippen LogP contribution in [-0.4, -0.2) is 0 Å². The van der Waals surface area contributed by atoms with Gasteiger partial charge in [0.1, 0.15) is 0 Å². The van der Waals surface area contributed by atoms with Gasteiger partial charge in [0.05, 0.1) is 0 Å². The summed E-state index contributed by atoms with van der Waals surface area (Å²) >= 11 is 6.44. The van der Waals surface area contributed by atoms with Crippen molar-refractivity contribution >= 4 is 23.3 Å². The summed E-state index contributed by atoms with van der Waals surface area (Å²) in [5.41, 5.74) is 0. The third-order valence-corrected chi connectivity index (χ3v) is 2.91. The molecule has 1 aliphatic carbocycles. The molecule has 1 fully saturated rings. The van der Waals surface area contributed by atoms with Crippen LogP contribution in [0.5, 0.6) is 0 Å². The van der Waals surface area contributed by atoms with E-state index in [4.69, 9.17) is 0 Å². The molecule has 0 aromatic rings. The van der Waals surface area contributed by atoms with Crippen LogP contribution in [0.3, 0.4) is 0 Å². The molecule has 0 aliphatic heterocycles. The summed E-state index contributed by atoms with van der Waals surface area (Å²) in [6, 6.07) is 0. The molecule has 0 nitrogen and oxygen atoms in total. The fourth-order valence-corrected chi connectivity index (χ4v) is 1.80. The number of hydrogen-bond donors (Lipinski definition) is 2. The van der Waals surface area contributed by atoms with Crippen LogP contribution in [0.2, 0.25) is 0 Å². The van der Waals surface area contributed by atoms with Gasteiger partial charge in [-0.1, -0.05) is 71.1 Å². The fourth-order valence-electron chi connectivity index (χ4n) is 1.80. The fraction of sp³-hybridized carbons (Fsp3) is 1.00. The Balaban J connectivity index is 0.000000791. The summed E-state index contributed by atoms with van der Waals surface area (Å²) in [5, 5.41) is 0. The maximum absolute atomic E-state index is 3.22. The van der Waals surface area contributed by atoms with Gasteiger partial charge < -0.3 is 0 Å². The van der Waals surface area contributed by atoms with Crippen molar-refractivity contribution in [3.05, 3.63) is 0 Å². The second-order valence-electron chi connectivity index (χ2n) is 4.35. The molecule has 0 N–H and O–H groups in total. The molecule has 0 spiro atoms. The zero-order chi connectivity index (χ0) is 10.6. The van der Waals surface area contributed by atoms with E-state index in [1.807, 2.05) is 0 Å². The highest BCUT2D eigenvalue weighted by Gasteiger charge is 2.19. The highest BCUT2D eigenvalue weighted by molar-refractivity contribution is 8.59. The van der Waals surface area contributed by atoms with Gasteiger partial charge in [0.15, 0.2) is 0 Å². The first kappa shape index (κ1) is 14.7. The van der Waals surface area contributed by atoms with Gasteiger partial charge in [-0.05, 0) is 5.92 Å². The summed E-state index contributed by atoms with van der Waals surface area (Å²) in [5.74, 6) is 1.15. The largest absolute Gasteiger partial charge is 0.115 e. The van der Waals surface area contributed by atoms with Crippen LogP contribution in [0.1, 0.15) is 71.1 Å². The second-order valence-corrected chi connectivity index (χ2v) is 4.35. The van der Waals surface area contributed by atoms with E-state index < -0.39 is 0 Å². The smallest absolute Gasteiger partial charge is 0.0414 e. The molecular formula is C12H26S2. The molecule has 0 heterocycles. The Hall–Kier alpha value is 0.700.